The van der Waals surface area contributed by atoms with Gasteiger partial charge < -0.3 is 14.7 Å². The van der Waals surface area contributed by atoms with Crippen molar-refractivity contribution in [2.45, 2.75) is 83.2 Å². The van der Waals surface area contributed by atoms with Crippen molar-refractivity contribution in [2.24, 2.45) is 0 Å². The molecule has 0 bridgehead atoms. The first kappa shape index (κ1) is 30.4. The summed E-state index contributed by atoms with van der Waals surface area (Å²) in [5, 5.41) is 3.39. The molecule has 2 N–H and O–H groups in total. The molecule has 0 aliphatic carbocycles. The molecule has 218 valence electrons. The van der Waals surface area contributed by atoms with Gasteiger partial charge >= 0.3 is 0 Å². The third-order valence-corrected chi connectivity index (χ3v) is 8.53. The second-order valence-corrected chi connectivity index (χ2v) is 13.1. The molecule has 2 aromatic carbocycles. The summed E-state index contributed by atoms with van der Waals surface area (Å²) in [5.41, 5.74) is 4.63. The monoisotopic (exact) mass is 575 g/mol. The van der Waals surface area contributed by atoms with Gasteiger partial charge in [0.25, 0.3) is 0 Å². The maximum atomic E-state index is 13.1. The van der Waals surface area contributed by atoms with E-state index in [-0.39, 0.29) is 4.90 Å². The standard InChI is InChI=1S/C32H41N5O3S/c1-5-6-14-30-35-28-21-26(33-19-10-7-11-20-38)22-34-31(28)37(30)23-24-15-17-25(18-16-24)27-12-8-9-13-29(27)41(39,40)36-32(2,3)4/h8-9,12-13,15-18,20-22,33,36H,5-7,10-11,14,19,23H2,1-4H3. The fraction of sp³-hybridized carbons (Fsp3) is 0.406. The van der Waals surface area contributed by atoms with Gasteiger partial charge in [0.2, 0.25) is 10.0 Å². The van der Waals surface area contributed by atoms with Gasteiger partial charge in [-0.05, 0) is 63.3 Å². The molecule has 0 amide bonds. The number of anilines is 1. The lowest BCUT2D eigenvalue weighted by atomic mass is 10.0. The van der Waals surface area contributed by atoms with Crippen molar-refractivity contribution in [3.63, 3.8) is 0 Å². The van der Waals surface area contributed by atoms with E-state index in [0.717, 1.165) is 78.7 Å². The summed E-state index contributed by atoms with van der Waals surface area (Å²) in [4.78, 5) is 20.5. The number of nitrogens with zero attached hydrogens (tertiary/aromatic N) is 3. The van der Waals surface area contributed by atoms with Crippen LogP contribution in [0.1, 0.15) is 71.2 Å². The number of aldehydes is 1. The van der Waals surface area contributed by atoms with E-state index in [1.54, 1.807) is 12.1 Å². The lowest BCUT2D eigenvalue weighted by Crippen LogP contribution is -2.40. The minimum absolute atomic E-state index is 0.266. The Hall–Kier alpha value is -3.56. The predicted molar refractivity (Wildman–Crippen MR) is 166 cm³/mol. The average molecular weight is 576 g/mol. The Morgan fingerprint density at radius 1 is 1.00 bits per heavy atom. The second-order valence-electron chi connectivity index (χ2n) is 11.4. The number of carbonyl (C=O) groups excluding carboxylic acids is 1. The van der Waals surface area contributed by atoms with E-state index in [1.807, 2.05) is 69.4 Å². The lowest BCUT2D eigenvalue weighted by molar-refractivity contribution is -0.107. The summed E-state index contributed by atoms with van der Waals surface area (Å²) < 4.78 is 31.2. The topological polar surface area (TPSA) is 106 Å². The van der Waals surface area contributed by atoms with Crippen LogP contribution in [0.2, 0.25) is 0 Å². The molecule has 0 atom stereocenters. The molecular formula is C32H41N5O3S. The van der Waals surface area contributed by atoms with Gasteiger partial charge in [0.05, 0.1) is 23.3 Å². The first-order valence-corrected chi connectivity index (χ1v) is 15.8. The van der Waals surface area contributed by atoms with Crippen LogP contribution in [-0.2, 0) is 27.8 Å². The number of aromatic nitrogens is 3. The number of unbranched alkanes of at least 4 members (excludes halogenated alkanes) is 3. The quantitative estimate of drug-likeness (QED) is 0.134. The zero-order chi connectivity index (χ0) is 29.5. The van der Waals surface area contributed by atoms with Gasteiger partial charge in [-0.15, -0.1) is 0 Å². The number of pyridine rings is 1. The van der Waals surface area contributed by atoms with Gasteiger partial charge in [0.1, 0.15) is 17.6 Å². The van der Waals surface area contributed by atoms with Gasteiger partial charge in [0.15, 0.2) is 5.65 Å². The molecule has 4 aromatic rings. The highest BCUT2D eigenvalue weighted by Gasteiger charge is 2.24. The van der Waals surface area contributed by atoms with Crippen LogP contribution in [0.5, 0.6) is 0 Å². The third-order valence-electron chi connectivity index (χ3n) is 6.72. The van der Waals surface area contributed by atoms with E-state index in [4.69, 9.17) is 9.97 Å². The van der Waals surface area contributed by atoms with E-state index >= 15 is 0 Å². The largest absolute Gasteiger partial charge is 0.384 e. The Balaban J connectivity index is 1.58. The molecule has 0 unspecified atom stereocenters. The third kappa shape index (κ3) is 8.01. The molecule has 0 aliphatic heterocycles. The Morgan fingerprint density at radius 2 is 1.76 bits per heavy atom. The number of benzene rings is 2. The van der Waals surface area contributed by atoms with Gasteiger partial charge in [-0.3, -0.25) is 0 Å². The fourth-order valence-corrected chi connectivity index (χ4v) is 6.45. The average Bonchev–Trinajstić information content (AvgIpc) is 3.27. The van der Waals surface area contributed by atoms with Crippen LogP contribution in [0, 0.1) is 0 Å². The molecular weight excluding hydrogens is 534 g/mol. The van der Waals surface area contributed by atoms with Gasteiger partial charge in [0, 0.05) is 30.5 Å². The first-order valence-electron chi connectivity index (χ1n) is 14.4. The zero-order valence-corrected chi connectivity index (χ0v) is 25.3. The molecule has 0 spiro atoms. The molecule has 8 nitrogen and oxygen atoms in total. The van der Waals surface area contributed by atoms with Crippen molar-refractivity contribution in [2.75, 3.05) is 11.9 Å². The highest BCUT2D eigenvalue weighted by atomic mass is 32.2. The number of sulfonamides is 1. The number of nitrogens with one attached hydrogen (secondary N) is 2. The summed E-state index contributed by atoms with van der Waals surface area (Å²) in [6.07, 6.45) is 8.17. The van der Waals surface area contributed by atoms with Crippen LogP contribution in [0.25, 0.3) is 22.3 Å². The normalized spacial score (nSPS) is 12.1. The Kier molecular flexibility index (Phi) is 9.94. The first-order chi connectivity index (χ1) is 19.6. The van der Waals surface area contributed by atoms with Crippen LogP contribution in [0.15, 0.2) is 65.7 Å². The predicted octanol–water partition coefficient (Wildman–Crippen LogP) is 6.35. The van der Waals surface area contributed by atoms with Gasteiger partial charge in [-0.25, -0.2) is 23.1 Å². The van der Waals surface area contributed by atoms with Crippen molar-refractivity contribution < 1.29 is 13.2 Å². The Labute approximate surface area is 243 Å². The molecule has 0 radical (unpaired) electrons. The van der Waals surface area contributed by atoms with E-state index in [1.165, 1.54) is 0 Å². The summed E-state index contributed by atoms with van der Waals surface area (Å²) in [5.74, 6) is 1.01. The SMILES string of the molecule is CCCCc1nc2cc(NCCCCC=O)cnc2n1Cc1ccc(-c2ccccc2S(=O)(=O)NC(C)(C)C)cc1. The number of hydrogen-bond acceptors (Lipinski definition) is 6. The number of rotatable bonds is 14. The van der Waals surface area contributed by atoms with E-state index < -0.39 is 15.6 Å². The van der Waals surface area contributed by atoms with Crippen LogP contribution in [0.4, 0.5) is 5.69 Å². The summed E-state index contributed by atoms with van der Waals surface area (Å²) in [6, 6.07) is 17.2. The summed E-state index contributed by atoms with van der Waals surface area (Å²) >= 11 is 0. The minimum atomic E-state index is -3.69. The summed E-state index contributed by atoms with van der Waals surface area (Å²) in [7, 11) is -3.69. The molecule has 2 heterocycles. The van der Waals surface area contributed by atoms with Gasteiger partial charge in [-0.1, -0.05) is 55.8 Å². The molecule has 0 saturated carbocycles. The molecule has 4 rings (SSSR count). The van der Waals surface area contributed by atoms with Crippen molar-refractivity contribution in [1.82, 2.24) is 19.3 Å². The highest BCUT2D eigenvalue weighted by Crippen LogP contribution is 2.29. The Morgan fingerprint density at radius 3 is 2.46 bits per heavy atom. The second kappa shape index (κ2) is 13.4. The number of hydrogen-bond donors (Lipinski definition) is 2. The molecule has 2 aromatic heterocycles. The minimum Gasteiger partial charge on any atom is -0.384 e. The van der Waals surface area contributed by atoms with Crippen molar-refractivity contribution in [3.05, 3.63) is 72.2 Å². The van der Waals surface area contributed by atoms with Crippen molar-refractivity contribution in [1.29, 1.82) is 0 Å². The van der Waals surface area contributed by atoms with Crippen LogP contribution < -0.4 is 10.0 Å². The zero-order valence-electron chi connectivity index (χ0n) is 24.5. The number of carbonyl (C=O) groups is 1. The molecule has 0 saturated heterocycles. The molecule has 9 heteroatoms. The fourth-order valence-electron chi connectivity index (χ4n) is 4.80. The molecule has 41 heavy (non-hydrogen) atoms. The van der Waals surface area contributed by atoms with Crippen molar-refractivity contribution >= 4 is 33.2 Å². The van der Waals surface area contributed by atoms with E-state index in [2.05, 4.69) is 21.5 Å². The number of fused-ring (bicyclic) bond motifs is 1. The number of aryl methyl sites for hydroxylation is 1. The van der Waals surface area contributed by atoms with Gasteiger partial charge in [-0.2, -0.15) is 0 Å². The lowest BCUT2D eigenvalue weighted by Gasteiger charge is -2.21. The molecule has 0 fully saturated rings. The summed E-state index contributed by atoms with van der Waals surface area (Å²) in [6.45, 7) is 9.08. The Bertz CT molecular complexity index is 1570. The maximum Gasteiger partial charge on any atom is 0.241 e. The van der Waals surface area contributed by atoms with E-state index in [9.17, 15) is 13.2 Å². The molecule has 0 aliphatic rings. The van der Waals surface area contributed by atoms with E-state index in [0.29, 0.717) is 18.5 Å². The highest BCUT2D eigenvalue weighted by molar-refractivity contribution is 7.89. The maximum absolute atomic E-state index is 13.1. The van der Waals surface area contributed by atoms with Crippen LogP contribution in [0.3, 0.4) is 0 Å². The smallest absolute Gasteiger partial charge is 0.241 e. The van der Waals surface area contributed by atoms with Crippen LogP contribution >= 0.6 is 0 Å². The van der Waals surface area contributed by atoms with Crippen LogP contribution in [-0.4, -0.2) is 41.3 Å². The van der Waals surface area contributed by atoms with Crippen molar-refractivity contribution in [3.8, 4) is 11.1 Å². The number of imidazole rings is 1.